The topological polar surface area (TPSA) is 74.4 Å². The maximum absolute atomic E-state index is 14.1. The first kappa shape index (κ1) is 17.5. The summed E-state index contributed by atoms with van der Waals surface area (Å²) in [6, 6.07) is 7.53. The number of nitrogens with two attached hydrogens (primary N) is 1. The van der Waals surface area contributed by atoms with Crippen molar-refractivity contribution in [3.8, 4) is 11.6 Å². The number of rotatable bonds is 7. The third-order valence-electron chi connectivity index (χ3n) is 3.08. The number of nitrogens with zero attached hydrogens (tertiary/aromatic N) is 1. The number of hydrogen-bond acceptors (Lipinski definition) is 5. The molecule has 0 aliphatic carbocycles. The average molecular weight is 330 g/mol. The Labute approximate surface area is 139 Å². The molecule has 0 aliphatic rings. The van der Waals surface area contributed by atoms with Crippen molar-refractivity contribution in [3.63, 3.8) is 0 Å². The van der Waals surface area contributed by atoms with Gasteiger partial charge in [-0.1, -0.05) is 19.4 Å². The molecular weight excluding hydrogens is 311 g/mol. The van der Waals surface area contributed by atoms with E-state index in [1.807, 2.05) is 6.92 Å². The maximum atomic E-state index is 14.1. The average Bonchev–Trinajstić information content (AvgIpc) is 2.57. The van der Waals surface area contributed by atoms with Crippen molar-refractivity contribution in [1.29, 1.82) is 0 Å². The second kappa shape index (κ2) is 8.67. The number of ether oxygens (including phenoxy) is 2. The number of unbranched alkanes of at least 4 members (excludes halogenated alkanes) is 1. The van der Waals surface area contributed by atoms with Crippen molar-refractivity contribution in [2.45, 2.75) is 19.8 Å². The minimum atomic E-state index is -0.560. The third kappa shape index (κ3) is 5.39. The van der Waals surface area contributed by atoms with Crippen LogP contribution in [0.3, 0.4) is 0 Å². The van der Waals surface area contributed by atoms with Crippen LogP contribution in [-0.2, 0) is 9.53 Å². The molecule has 0 saturated carbocycles. The first-order chi connectivity index (χ1) is 11.6. The summed E-state index contributed by atoms with van der Waals surface area (Å²) in [6.07, 6.45) is 5.95. The van der Waals surface area contributed by atoms with Gasteiger partial charge in [-0.25, -0.2) is 14.2 Å². The lowest BCUT2D eigenvalue weighted by Gasteiger charge is -2.06. The lowest BCUT2D eigenvalue weighted by molar-refractivity contribution is -0.137. The highest BCUT2D eigenvalue weighted by atomic mass is 19.1. The van der Waals surface area contributed by atoms with Gasteiger partial charge < -0.3 is 15.2 Å². The molecular formula is C18H19FN2O3. The summed E-state index contributed by atoms with van der Waals surface area (Å²) >= 11 is 0. The number of carbonyl (C=O) groups is 1. The Balaban J connectivity index is 1.98. The fourth-order valence-corrected chi connectivity index (χ4v) is 1.80. The van der Waals surface area contributed by atoms with Gasteiger partial charge in [-0.05, 0) is 36.3 Å². The van der Waals surface area contributed by atoms with Crippen molar-refractivity contribution in [3.05, 3.63) is 54.0 Å². The predicted molar refractivity (Wildman–Crippen MR) is 90.0 cm³/mol. The molecule has 0 spiro atoms. The van der Waals surface area contributed by atoms with Crippen LogP contribution in [0, 0.1) is 5.82 Å². The molecule has 6 heteroatoms. The third-order valence-corrected chi connectivity index (χ3v) is 3.08. The standard InChI is InChI=1S/C18H19FN2O3/c1-2-3-10-23-18(22)9-5-13-4-7-16(15(19)11-13)24-17-8-6-14(20)12-21-17/h4-9,11-12H,2-3,10,20H2,1H3/b9-5+. The molecule has 0 bridgehead atoms. The van der Waals surface area contributed by atoms with E-state index < -0.39 is 11.8 Å². The molecule has 1 heterocycles. The van der Waals surface area contributed by atoms with E-state index in [0.717, 1.165) is 12.8 Å². The molecule has 5 nitrogen and oxygen atoms in total. The van der Waals surface area contributed by atoms with E-state index in [4.69, 9.17) is 15.2 Å². The molecule has 1 aromatic heterocycles. The zero-order valence-electron chi connectivity index (χ0n) is 13.4. The molecule has 1 aromatic carbocycles. The fourth-order valence-electron chi connectivity index (χ4n) is 1.80. The summed E-state index contributed by atoms with van der Waals surface area (Å²) in [5.41, 5.74) is 6.55. The smallest absolute Gasteiger partial charge is 0.330 e. The quantitative estimate of drug-likeness (QED) is 0.472. The summed E-state index contributed by atoms with van der Waals surface area (Å²) in [5.74, 6) is -0.730. The number of pyridine rings is 1. The number of esters is 1. The summed E-state index contributed by atoms with van der Waals surface area (Å²) in [4.78, 5) is 15.4. The number of hydrogen-bond donors (Lipinski definition) is 1. The molecule has 126 valence electrons. The van der Waals surface area contributed by atoms with Gasteiger partial charge in [0, 0.05) is 12.1 Å². The van der Waals surface area contributed by atoms with Crippen LogP contribution in [0.4, 0.5) is 10.1 Å². The molecule has 0 amide bonds. The van der Waals surface area contributed by atoms with Gasteiger partial charge in [0.15, 0.2) is 11.6 Å². The molecule has 0 atom stereocenters. The molecule has 24 heavy (non-hydrogen) atoms. The molecule has 0 fully saturated rings. The summed E-state index contributed by atoms with van der Waals surface area (Å²) in [7, 11) is 0. The molecule has 0 aliphatic heterocycles. The minimum Gasteiger partial charge on any atom is -0.463 e. The Hall–Kier alpha value is -2.89. The minimum absolute atomic E-state index is 0.0370. The van der Waals surface area contributed by atoms with E-state index >= 15 is 0 Å². The monoisotopic (exact) mass is 330 g/mol. The normalized spacial score (nSPS) is 10.8. The van der Waals surface area contributed by atoms with Gasteiger partial charge in [-0.3, -0.25) is 0 Å². The van der Waals surface area contributed by atoms with Crippen molar-refractivity contribution in [2.24, 2.45) is 0 Å². The predicted octanol–water partition coefficient (Wildman–Crippen LogP) is 3.95. The molecule has 2 N–H and O–H groups in total. The number of nitrogen functional groups attached to an aromatic ring is 1. The van der Waals surface area contributed by atoms with E-state index in [-0.39, 0.29) is 11.6 Å². The second-order valence-electron chi connectivity index (χ2n) is 5.08. The van der Waals surface area contributed by atoms with E-state index in [0.29, 0.717) is 17.9 Å². The maximum Gasteiger partial charge on any atom is 0.330 e. The molecule has 0 unspecified atom stereocenters. The van der Waals surface area contributed by atoms with Crippen molar-refractivity contribution in [1.82, 2.24) is 4.98 Å². The molecule has 0 saturated heterocycles. The van der Waals surface area contributed by atoms with E-state index in [1.165, 1.54) is 30.5 Å². The van der Waals surface area contributed by atoms with Crippen LogP contribution in [0.1, 0.15) is 25.3 Å². The Morgan fingerprint density at radius 2 is 2.17 bits per heavy atom. The van der Waals surface area contributed by atoms with E-state index in [1.54, 1.807) is 18.2 Å². The van der Waals surface area contributed by atoms with Crippen molar-refractivity contribution in [2.75, 3.05) is 12.3 Å². The number of halogens is 1. The highest BCUT2D eigenvalue weighted by molar-refractivity contribution is 5.87. The van der Waals surface area contributed by atoms with Crippen LogP contribution < -0.4 is 10.5 Å². The van der Waals surface area contributed by atoms with Crippen LogP contribution in [0.2, 0.25) is 0 Å². The zero-order chi connectivity index (χ0) is 17.4. The zero-order valence-corrected chi connectivity index (χ0v) is 13.4. The fraction of sp³-hybridized carbons (Fsp3) is 0.222. The summed E-state index contributed by atoms with van der Waals surface area (Å²) in [5, 5.41) is 0. The highest BCUT2D eigenvalue weighted by Gasteiger charge is 2.06. The Bertz CT molecular complexity index is 715. The van der Waals surface area contributed by atoms with Crippen LogP contribution in [0.25, 0.3) is 6.08 Å². The van der Waals surface area contributed by atoms with E-state index in [9.17, 15) is 9.18 Å². The lowest BCUT2D eigenvalue weighted by Crippen LogP contribution is -2.01. The van der Waals surface area contributed by atoms with Gasteiger partial charge in [0.2, 0.25) is 5.88 Å². The number of anilines is 1. The molecule has 2 rings (SSSR count). The summed E-state index contributed by atoms with van der Waals surface area (Å²) in [6.45, 7) is 2.39. The first-order valence-corrected chi connectivity index (χ1v) is 7.62. The van der Waals surface area contributed by atoms with Crippen LogP contribution in [-0.4, -0.2) is 17.6 Å². The van der Waals surface area contributed by atoms with Crippen LogP contribution in [0.15, 0.2) is 42.6 Å². The first-order valence-electron chi connectivity index (χ1n) is 7.62. The summed E-state index contributed by atoms with van der Waals surface area (Å²) < 4.78 is 24.4. The van der Waals surface area contributed by atoms with Gasteiger partial charge in [0.25, 0.3) is 0 Å². The van der Waals surface area contributed by atoms with Gasteiger partial charge in [0.1, 0.15) is 0 Å². The SMILES string of the molecule is CCCCOC(=O)/C=C/c1ccc(Oc2ccc(N)cn2)c(F)c1. The Kier molecular flexibility index (Phi) is 6.31. The van der Waals surface area contributed by atoms with Gasteiger partial charge >= 0.3 is 5.97 Å². The number of benzene rings is 1. The largest absolute Gasteiger partial charge is 0.463 e. The van der Waals surface area contributed by atoms with Crippen LogP contribution >= 0.6 is 0 Å². The van der Waals surface area contributed by atoms with Crippen LogP contribution in [0.5, 0.6) is 11.6 Å². The van der Waals surface area contributed by atoms with Crippen molar-refractivity contribution < 1.29 is 18.7 Å². The lowest BCUT2D eigenvalue weighted by atomic mass is 10.2. The molecule has 0 radical (unpaired) electrons. The van der Waals surface area contributed by atoms with Gasteiger partial charge in [-0.2, -0.15) is 0 Å². The van der Waals surface area contributed by atoms with E-state index in [2.05, 4.69) is 4.98 Å². The highest BCUT2D eigenvalue weighted by Crippen LogP contribution is 2.24. The Morgan fingerprint density at radius 3 is 2.83 bits per heavy atom. The van der Waals surface area contributed by atoms with Gasteiger partial charge in [-0.15, -0.1) is 0 Å². The number of carbonyl (C=O) groups excluding carboxylic acids is 1. The molecule has 2 aromatic rings. The second-order valence-corrected chi connectivity index (χ2v) is 5.08. The Morgan fingerprint density at radius 1 is 1.33 bits per heavy atom. The van der Waals surface area contributed by atoms with Gasteiger partial charge in [0.05, 0.1) is 18.5 Å². The number of aromatic nitrogens is 1. The van der Waals surface area contributed by atoms with Crippen molar-refractivity contribution >= 4 is 17.7 Å².